The number of aromatic nitrogens is 1. The SMILES string of the molecule is C=CS(=O)(=O)CCC(=O)Nc1c(OC)ccc2[nH]ccc12. The predicted molar refractivity (Wildman–Crippen MR) is 82.1 cm³/mol. The second-order valence-corrected chi connectivity index (χ2v) is 6.48. The highest BCUT2D eigenvalue weighted by molar-refractivity contribution is 7.94. The summed E-state index contributed by atoms with van der Waals surface area (Å²) >= 11 is 0. The number of methoxy groups -OCH3 is 1. The average molecular weight is 308 g/mol. The first-order valence-corrected chi connectivity index (χ1v) is 7.97. The summed E-state index contributed by atoms with van der Waals surface area (Å²) in [5, 5.41) is 4.36. The molecular formula is C14H16N2O4S. The molecule has 1 aromatic heterocycles. The Hall–Kier alpha value is -2.28. The van der Waals surface area contributed by atoms with Crippen LogP contribution in [0.1, 0.15) is 6.42 Å². The van der Waals surface area contributed by atoms with Gasteiger partial charge >= 0.3 is 0 Å². The van der Waals surface area contributed by atoms with Crippen LogP contribution in [-0.4, -0.2) is 32.2 Å². The number of benzene rings is 1. The molecule has 1 amide bonds. The minimum Gasteiger partial charge on any atom is -0.495 e. The first kappa shape index (κ1) is 15.1. The Balaban J connectivity index is 2.20. The van der Waals surface area contributed by atoms with E-state index in [0.29, 0.717) is 11.4 Å². The molecule has 0 unspecified atom stereocenters. The lowest BCUT2D eigenvalue weighted by molar-refractivity contribution is -0.115. The van der Waals surface area contributed by atoms with E-state index in [1.165, 1.54) is 7.11 Å². The van der Waals surface area contributed by atoms with Gasteiger partial charge in [-0.25, -0.2) is 8.42 Å². The van der Waals surface area contributed by atoms with Gasteiger partial charge < -0.3 is 15.0 Å². The maximum atomic E-state index is 11.9. The fraction of sp³-hybridized carbons (Fsp3) is 0.214. The van der Waals surface area contributed by atoms with E-state index in [0.717, 1.165) is 16.3 Å². The van der Waals surface area contributed by atoms with Gasteiger partial charge in [-0.05, 0) is 18.2 Å². The molecule has 1 aromatic carbocycles. The van der Waals surface area contributed by atoms with Crippen molar-refractivity contribution in [2.75, 3.05) is 18.2 Å². The number of carbonyl (C=O) groups excluding carboxylic acids is 1. The van der Waals surface area contributed by atoms with E-state index in [4.69, 9.17) is 4.74 Å². The summed E-state index contributed by atoms with van der Waals surface area (Å²) in [6, 6.07) is 5.38. The van der Waals surface area contributed by atoms with Gasteiger partial charge in [0, 0.05) is 28.9 Å². The Bertz CT molecular complexity index is 777. The molecule has 21 heavy (non-hydrogen) atoms. The standard InChI is InChI=1S/C14H16N2O4S/c1-3-21(18,19)9-7-13(17)16-14-10-6-8-15-11(10)4-5-12(14)20-2/h3-6,8,15H,1,7,9H2,2H3,(H,16,17). The van der Waals surface area contributed by atoms with Crippen molar-refractivity contribution in [2.45, 2.75) is 6.42 Å². The average Bonchev–Trinajstić information content (AvgIpc) is 2.94. The second kappa shape index (κ2) is 6.01. The Morgan fingerprint density at radius 3 is 2.86 bits per heavy atom. The normalized spacial score (nSPS) is 11.3. The van der Waals surface area contributed by atoms with Gasteiger partial charge in [0.05, 0.1) is 18.6 Å². The molecule has 2 rings (SSSR count). The quantitative estimate of drug-likeness (QED) is 0.855. The number of carbonyl (C=O) groups is 1. The summed E-state index contributed by atoms with van der Waals surface area (Å²) in [5.41, 5.74) is 1.38. The topological polar surface area (TPSA) is 88.3 Å². The predicted octanol–water partition coefficient (Wildman–Crippen LogP) is 2.06. The fourth-order valence-corrected chi connectivity index (χ4v) is 2.57. The number of anilines is 1. The third kappa shape index (κ3) is 3.43. The molecule has 0 saturated carbocycles. The van der Waals surface area contributed by atoms with Crippen LogP contribution >= 0.6 is 0 Å². The fourth-order valence-electron chi connectivity index (χ4n) is 1.93. The molecule has 2 aromatic rings. The highest BCUT2D eigenvalue weighted by atomic mass is 32.2. The maximum Gasteiger partial charge on any atom is 0.225 e. The van der Waals surface area contributed by atoms with Crippen molar-refractivity contribution in [1.82, 2.24) is 4.98 Å². The van der Waals surface area contributed by atoms with E-state index in [9.17, 15) is 13.2 Å². The number of aromatic amines is 1. The lowest BCUT2D eigenvalue weighted by Crippen LogP contribution is -2.16. The molecule has 0 aliphatic heterocycles. The Labute approximate surface area is 122 Å². The molecule has 1 heterocycles. The summed E-state index contributed by atoms with van der Waals surface area (Å²) in [5.74, 6) is -0.150. The van der Waals surface area contributed by atoms with Crippen molar-refractivity contribution >= 4 is 32.3 Å². The van der Waals surface area contributed by atoms with Crippen LogP contribution in [0.3, 0.4) is 0 Å². The van der Waals surface area contributed by atoms with Crippen molar-refractivity contribution in [1.29, 1.82) is 0 Å². The van der Waals surface area contributed by atoms with E-state index in [1.54, 1.807) is 12.3 Å². The van der Waals surface area contributed by atoms with Crippen LogP contribution in [0, 0.1) is 0 Å². The van der Waals surface area contributed by atoms with Crippen LogP contribution in [-0.2, 0) is 14.6 Å². The van der Waals surface area contributed by atoms with E-state index >= 15 is 0 Å². The van der Waals surface area contributed by atoms with Gasteiger partial charge in [-0.2, -0.15) is 0 Å². The molecule has 0 spiro atoms. The van der Waals surface area contributed by atoms with Gasteiger partial charge in [-0.15, -0.1) is 0 Å². The first-order valence-electron chi connectivity index (χ1n) is 6.26. The Kier molecular flexibility index (Phi) is 4.32. The number of ether oxygens (including phenoxy) is 1. The molecule has 0 atom stereocenters. The lowest BCUT2D eigenvalue weighted by atomic mass is 10.2. The summed E-state index contributed by atoms with van der Waals surface area (Å²) in [6.45, 7) is 3.21. The van der Waals surface area contributed by atoms with Crippen molar-refractivity contribution in [3.05, 3.63) is 36.4 Å². The first-order chi connectivity index (χ1) is 9.96. The van der Waals surface area contributed by atoms with Gasteiger partial charge in [0.1, 0.15) is 5.75 Å². The van der Waals surface area contributed by atoms with Crippen LogP contribution in [0.4, 0.5) is 5.69 Å². The van der Waals surface area contributed by atoms with Gasteiger partial charge in [0.2, 0.25) is 5.91 Å². The van der Waals surface area contributed by atoms with Gasteiger partial charge in [0.15, 0.2) is 9.84 Å². The summed E-state index contributed by atoms with van der Waals surface area (Å²) in [4.78, 5) is 15.0. The molecule has 112 valence electrons. The third-order valence-corrected chi connectivity index (χ3v) is 4.33. The number of fused-ring (bicyclic) bond motifs is 1. The zero-order chi connectivity index (χ0) is 15.5. The Morgan fingerprint density at radius 1 is 1.43 bits per heavy atom. The minimum atomic E-state index is -3.39. The van der Waals surface area contributed by atoms with Gasteiger partial charge in [0.25, 0.3) is 0 Å². The third-order valence-electron chi connectivity index (χ3n) is 3.05. The number of amides is 1. The molecular weight excluding hydrogens is 292 g/mol. The van der Waals surface area contributed by atoms with Crippen LogP contribution in [0.15, 0.2) is 36.4 Å². The number of rotatable bonds is 6. The highest BCUT2D eigenvalue weighted by Crippen LogP contribution is 2.32. The molecule has 0 aliphatic carbocycles. The van der Waals surface area contributed by atoms with Crippen molar-refractivity contribution in [3.63, 3.8) is 0 Å². The molecule has 0 fully saturated rings. The van der Waals surface area contributed by atoms with Crippen LogP contribution in [0.25, 0.3) is 10.9 Å². The summed E-state index contributed by atoms with van der Waals surface area (Å²) < 4.78 is 27.9. The van der Waals surface area contributed by atoms with E-state index in [2.05, 4.69) is 16.9 Å². The van der Waals surface area contributed by atoms with Gasteiger partial charge in [-0.1, -0.05) is 6.58 Å². The Morgan fingerprint density at radius 2 is 2.19 bits per heavy atom. The van der Waals surface area contributed by atoms with Crippen molar-refractivity contribution in [2.24, 2.45) is 0 Å². The van der Waals surface area contributed by atoms with Crippen LogP contribution in [0.5, 0.6) is 5.75 Å². The number of H-pyrrole nitrogens is 1. The van der Waals surface area contributed by atoms with E-state index < -0.39 is 15.7 Å². The van der Waals surface area contributed by atoms with Crippen LogP contribution < -0.4 is 10.1 Å². The highest BCUT2D eigenvalue weighted by Gasteiger charge is 2.14. The number of hydrogen-bond donors (Lipinski definition) is 2. The largest absolute Gasteiger partial charge is 0.495 e. The van der Waals surface area contributed by atoms with Crippen molar-refractivity contribution in [3.8, 4) is 5.75 Å². The van der Waals surface area contributed by atoms with E-state index in [-0.39, 0.29) is 12.2 Å². The van der Waals surface area contributed by atoms with Gasteiger partial charge in [-0.3, -0.25) is 4.79 Å². The van der Waals surface area contributed by atoms with Crippen LogP contribution in [0.2, 0.25) is 0 Å². The molecule has 0 saturated heterocycles. The smallest absolute Gasteiger partial charge is 0.225 e. The number of hydrogen-bond acceptors (Lipinski definition) is 4. The van der Waals surface area contributed by atoms with Crippen molar-refractivity contribution < 1.29 is 17.9 Å². The summed E-state index contributed by atoms with van der Waals surface area (Å²) in [7, 11) is -1.88. The maximum absolute atomic E-state index is 11.9. The zero-order valence-electron chi connectivity index (χ0n) is 11.5. The molecule has 0 radical (unpaired) electrons. The minimum absolute atomic E-state index is 0.141. The molecule has 0 bridgehead atoms. The number of nitrogens with one attached hydrogen (secondary N) is 2. The molecule has 7 heteroatoms. The molecule has 0 aliphatic rings. The monoisotopic (exact) mass is 308 g/mol. The molecule has 2 N–H and O–H groups in total. The second-order valence-electron chi connectivity index (χ2n) is 4.41. The zero-order valence-corrected chi connectivity index (χ0v) is 12.4. The summed E-state index contributed by atoms with van der Waals surface area (Å²) in [6.07, 6.45) is 1.61. The molecule has 6 nitrogen and oxygen atoms in total. The van der Waals surface area contributed by atoms with E-state index in [1.807, 2.05) is 12.1 Å². The number of sulfone groups is 1. The lowest BCUT2D eigenvalue weighted by Gasteiger charge is -2.11.